The number of H-pyrrole nitrogens is 1. The molecule has 1 saturated heterocycles. The number of aromatic nitrogens is 5. The smallest absolute Gasteiger partial charge is 0.191 e. The van der Waals surface area contributed by atoms with Crippen molar-refractivity contribution in [3.05, 3.63) is 54.2 Å². The highest BCUT2D eigenvalue weighted by molar-refractivity contribution is 5.76. The average molecular weight is 483 g/mol. The molecule has 0 aliphatic carbocycles. The number of nitrogens with one attached hydrogen (secondary N) is 1. The number of anilines is 3. The van der Waals surface area contributed by atoms with Crippen molar-refractivity contribution in [2.45, 2.75) is 6.54 Å². The van der Waals surface area contributed by atoms with Gasteiger partial charge in [0.2, 0.25) is 0 Å². The molecule has 0 saturated carbocycles. The second kappa shape index (κ2) is 9.66. The molecule has 1 fully saturated rings. The van der Waals surface area contributed by atoms with E-state index in [1.54, 1.807) is 30.7 Å². The molecule has 0 spiro atoms. The molecule has 35 heavy (non-hydrogen) atoms. The van der Waals surface area contributed by atoms with Crippen molar-refractivity contribution < 1.29 is 23.0 Å². The number of hydrogen-bond acceptors (Lipinski definition) is 9. The lowest BCUT2D eigenvalue weighted by Crippen LogP contribution is -2.36. The van der Waals surface area contributed by atoms with Gasteiger partial charge in [0.25, 0.3) is 0 Å². The molecule has 4 heterocycles. The van der Waals surface area contributed by atoms with Crippen LogP contribution in [0.2, 0.25) is 0 Å². The summed E-state index contributed by atoms with van der Waals surface area (Å²) in [4.78, 5) is 24.3. The lowest BCUT2D eigenvalue weighted by Gasteiger charge is -2.27. The molecule has 1 N–H and O–H groups in total. The van der Waals surface area contributed by atoms with Crippen LogP contribution in [-0.2, 0) is 11.3 Å². The van der Waals surface area contributed by atoms with E-state index in [1.165, 1.54) is 19.1 Å². The van der Waals surface area contributed by atoms with Gasteiger partial charge in [0.1, 0.15) is 28.7 Å². The number of methoxy groups -OCH3 is 2. The molecule has 4 aromatic rings. The standard InChI is InChI=1S/C23H23F2N7O3/c1-33-15-11-16(34-2)21(25)22(20(15)24)32(13-17-26-5-6-27-17)18-4-3-14-23(29-18)30-19(12-28-14)31-7-9-35-10-8-31/h3-6,11-12H,7-10,13H2,1-2H3,(H,26,27). The van der Waals surface area contributed by atoms with Crippen LogP contribution in [-0.4, -0.2) is 65.4 Å². The van der Waals surface area contributed by atoms with Crippen LogP contribution in [0.15, 0.2) is 36.8 Å². The third-order valence-electron chi connectivity index (χ3n) is 5.67. The SMILES string of the molecule is COc1cc(OC)c(F)c(N(Cc2ncc[nH]2)c2ccc3ncc(N4CCOCC4)nc3n2)c1F. The molecule has 1 aromatic carbocycles. The van der Waals surface area contributed by atoms with Crippen LogP contribution in [0.25, 0.3) is 11.2 Å². The average Bonchev–Trinajstić information content (AvgIpc) is 3.41. The Hall–Kier alpha value is -4.06. The number of halogens is 2. The maximum atomic E-state index is 15.5. The maximum absolute atomic E-state index is 15.5. The van der Waals surface area contributed by atoms with Crippen molar-refractivity contribution in [1.29, 1.82) is 0 Å². The fraction of sp³-hybridized carbons (Fsp3) is 0.304. The number of morpholine rings is 1. The summed E-state index contributed by atoms with van der Waals surface area (Å²) in [6, 6.07) is 4.49. The summed E-state index contributed by atoms with van der Waals surface area (Å²) in [5.41, 5.74) is 0.501. The first-order valence-electron chi connectivity index (χ1n) is 10.9. The van der Waals surface area contributed by atoms with Crippen molar-refractivity contribution >= 4 is 28.5 Å². The molecular weight excluding hydrogens is 460 g/mol. The highest BCUT2D eigenvalue weighted by Crippen LogP contribution is 2.40. The van der Waals surface area contributed by atoms with Crippen molar-refractivity contribution in [3.63, 3.8) is 0 Å². The lowest BCUT2D eigenvalue weighted by atomic mass is 10.2. The highest BCUT2D eigenvalue weighted by Gasteiger charge is 2.28. The first kappa shape index (κ1) is 22.7. The monoisotopic (exact) mass is 483 g/mol. The van der Waals surface area contributed by atoms with E-state index in [0.717, 1.165) is 6.07 Å². The first-order chi connectivity index (χ1) is 17.1. The minimum absolute atomic E-state index is 0.00769. The van der Waals surface area contributed by atoms with Crippen molar-refractivity contribution in [1.82, 2.24) is 24.9 Å². The topological polar surface area (TPSA) is 102 Å². The van der Waals surface area contributed by atoms with Gasteiger partial charge in [0, 0.05) is 31.5 Å². The Balaban J connectivity index is 1.64. The number of benzene rings is 1. The van der Waals surface area contributed by atoms with Crippen LogP contribution in [0.3, 0.4) is 0 Å². The van der Waals surface area contributed by atoms with Gasteiger partial charge in [0.05, 0.1) is 40.2 Å². The third kappa shape index (κ3) is 4.39. The molecule has 0 atom stereocenters. The van der Waals surface area contributed by atoms with E-state index < -0.39 is 11.6 Å². The number of pyridine rings is 1. The lowest BCUT2D eigenvalue weighted by molar-refractivity contribution is 0.122. The zero-order chi connectivity index (χ0) is 24.4. The highest BCUT2D eigenvalue weighted by atomic mass is 19.1. The van der Waals surface area contributed by atoms with E-state index in [4.69, 9.17) is 14.2 Å². The van der Waals surface area contributed by atoms with Crippen molar-refractivity contribution in [3.8, 4) is 11.5 Å². The number of ether oxygens (including phenoxy) is 3. The summed E-state index contributed by atoms with van der Waals surface area (Å²) < 4.78 is 46.6. The Morgan fingerprint density at radius 3 is 2.46 bits per heavy atom. The van der Waals surface area contributed by atoms with Gasteiger partial charge in [-0.2, -0.15) is 0 Å². The number of rotatable bonds is 7. The minimum atomic E-state index is -0.896. The quantitative estimate of drug-likeness (QED) is 0.425. The van der Waals surface area contributed by atoms with Crippen LogP contribution in [0.1, 0.15) is 5.82 Å². The number of hydrogen-bond donors (Lipinski definition) is 1. The molecule has 10 nitrogen and oxygen atoms in total. The predicted octanol–water partition coefficient (Wildman–Crippen LogP) is 3.22. The Bertz CT molecular complexity index is 1300. The zero-order valence-electron chi connectivity index (χ0n) is 19.2. The zero-order valence-corrected chi connectivity index (χ0v) is 19.2. The first-order valence-corrected chi connectivity index (χ1v) is 10.9. The molecular formula is C23H23F2N7O3. The Morgan fingerprint density at radius 2 is 1.80 bits per heavy atom. The Kier molecular flexibility index (Phi) is 6.27. The molecule has 0 amide bonds. The van der Waals surface area contributed by atoms with E-state index in [1.807, 2.05) is 0 Å². The second-order valence-electron chi connectivity index (χ2n) is 7.72. The summed E-state index contributed by atoms with van der Waals surface area (Å²) in [6.07, 6.45) is 4.86. The van der Waals surface area contributed by atoms with E-state index in [-0.39, 0.29) is 29.5 Å². The number of aromatic amines is 1. The molecule has 0 unspecified atom stereocenters. The van der Waals surface area contributed by atoms with Crippen molar-refractivity contribution in [2.75, 3.05) is 50.3 Å². The molecule has 12 heteroatoms. The number of imidazole rings is 1. The minimum Gasteiger partial charge on any atom is -0.493 e. The van der Waals surface area contributed by atoms with Gasteiger partial charge in [-0.1, -0.05) is 0 Å². The van der Waals surface area contributed by atoms with Crippen LogP contribution in [0.5, 0.6) is 11.5 Å². The number of nitrogens with zero attached hydrogens (tertiary/aromatic N) is 6. The van der Waals surface area contributed by atoms with Crippen LogP contribution in [0, 0.1) is 11.6 Å². The molecule has 1 aliphatic heterocycles. The molecule has 1 aliphatic rings. The summed E-state index contributed by atoms with van der Waals surface area (Å²) >= 11 is 0. The van der Waals surface area contributed by atoms with Gasteiger partial charge in [-0.15, -0.1) is 0 Å². The summed E-state index contributed by atoms with van der Waals surface area (Å²) in [5, 5.41) is 0. The third-order valence-corrected chi connectivity index (χ3v) is 5.67. The molecule has 182 valence electrons. The molecule has 0 bridgehead atoms. The fourth-order valence-electron chi connectivity index (χ4n) is 3.89. The van der Waals surface area contributed by atoms with Gasteiger partial charge in [-0.05, 0) is 12.1 Å². The normalized spacial score (nSPS) is 13.8. The number of fused-ring (bicyclic) bond motifs is 1. The summed E-state index contributed by atoms with van der Waals surface area (Å²) in [5.74, 6) is -0.755. The van der Waals surface area contributed by atoms with Gasteiger partial charge in [-0.25, -0.2) is 28.7 Å². The predicted molar refractivity (Wildman–Crippen MR) is 124 cm³/mol. The van der Waals surface area contributed by atoms with Gasteiger partial charge < -0.3 is 29.0 Å². The second-order valence-corrected chi connectivity index (χ2v) is 7.72. The molecule has 5 rings (SSSR count). The fourth-order valence-corrected chi connectivity index (χ4v) is 3.89. The van der Waals surface area contributed by atoms with Crippen LogP contribution in [0.4, 0.5) is 26.1 Å². The van der Waals surface area contributed by atoms with E-state index in [0.29, 0.717) is 49.1 Å². The summed E-state index contributed by atoms with van der Waals surface area (Å²) in [7, 11) is 2.60. The molecule has 3 aromatic heterocycles. The van der Waals surface area contributed by atoms with E-state index >= 15 is 8.78 Å². The Morgan fingerprint density at radius 1 is 1.06 bits per heavy atom. The van der Waals surface area contributed by atoms with E-state index in [2.05, 4.69) is 29.8 Å². The van der Waals surface area contributed by atoms with Gasteiger partial charge >= 0.3 is 0 Å². The van der Waals surface area contributed by atoms with E-state index in [9.17, 15) is 0 Å². The van der Waals surface area contributed by atoms with Crippen LogP contribution < -0.4 is 19.3 Å². The molecule has 0 radical (unpaired) electrons. The van der Waals surface area contributed by atoms with Gasteiger partial charge in [0.15, 0.2) is 28.8 Å². The van der Waals surface area contributed by atoms with Crippen LogP contribution >= 0.6 is 0 Å². The van der Waals surface area contributed by atoms with Gasteiger partial charge in [-0.3, -0.25) is 0 Å². The largest absolute Gasteiger partial charge is 0.493 e. The maximum Gasteiger partial charge on any atom is 0.191 e. The Labute approximate surface area is 199 Å². The summed E-state index contributed by atoms with van der Waals surface area (Å²) in [6.45, 7) is 2.56. The van der Waals surface area contributed by atoms with Crippen molar-refractivity contribution in [2.24, 2.45) is 0 Å².